The third kappa shape index (κ3) is 4.30. The largest absolute Gasteiger partial charge is 0.492 e. The SMILES string of the molecule is C[C@H](CNC(=O)[C@H]1COc2ccccc2C1)N1CCN(c2ccccc2)CC1. The predicted octanol–water partition coefficient (Wildman–Crippen LogP) is 2.56. The number of nitrogens with zero attached hydrogens (tertiary/aromatic N) is 2. The van der Waals surface area contributed by atoms with Crippen LogP contribution in [0, 0.1) is 5.92 Å². The number of hydrogen-bond donors (Lipinski definition) is 1. The average Bonchev–Trinajstić information content (AvgIpc) is 2.77. The summed E-state index contributed by atoms with van der Waals surface area (Å²) < 4.78 is 5.76. The number of carbonyl (C=O) groups excluding carboxylic acids is 1. The van der Waals surface area contributed by atoms with Crippen molar-refractivity contribution in [3.8, 4) is 5.75 Å². The highest BCUT2D eigenvalue weighted by Gasteiger charge is 2.27. The topological polar surface area (TPSA) is 44.8 Å². The molecule has 2 aromatic carbocycles. The third-order valence-corrected chi connectivity index (χ3v) is 5.88. The Morgan fingerprint density at radius 2 is 1.79 bits per heavy atom. The molecule has 2 aliphatic heterocycles. The van der Waals surface area contributed by atoms with Crippen LogP contribution in [0.25, 0.3) is 0 Å². The molecule has 4 rings (SSSR count). The molecule has 28 heavy (non-hydrogen) atoms. The second-order valence-electron chi connectivity index (χ2n) is 7.77. The lowest BCUT2D eigenvalue weighted by Crippen LogP contribution is -2.53. The maximum absolute atomic E-state index is 12.6. The van der Waals surface area contributed by atoms with Gasteiger partial charge in [-0.1, -0.05) is 36.4 Å². The molecule has 0 spiro atoms. The molecule has 0 aliphatic carbocycles. The van der Waals surface area contributed by atoms with Gasteiger partial charge in [-0.15, -0.1) is 0 Å². The first-order chi connectivity index (χ1) is 13.7. The van der Waals surface area contributed by atoms with E-state index in [0.29, 0.717) is 19.2 Å². The van der Waals surface area contributed by atoms with E-state index in [9.17, 15) is 4.79 Å². The van der Waals surface area contributed by atoms with Crippen LogP contribution in [0.5, 0.6) is 5.75 Å². The van der Waals surface area contributed by atoms with Crippen LogP contribution in [0.3, 0.4) is 0 Å². The van der Waals surface area contributed by atoms with E-state index < -0.39 is 0 Å². The number of para-hydroxylation sites is 2. The van der Waals surface area contributed by atoms with E-state index in [1.54, 1.807) is 0 Å². The quantitative estimate of drug-likeness (QED) is 0.867. The van der Waals surface area contributed by atoms with Crippen molar-refractivity contribution in [1.82, 2.24) is 10.2 Å². The van der Waals surface area contributed by atoms with Crippen LogP contribution in [-0.2, 0) is 11.2 Å². The summed E-state index contributed by atoms with van der Waals surface area (Å²) in [6.07, 6.45) is 0.756. The Hall–Kier alpha value is -2.53. The van der Waals surface area contributed by atoms with E-state index in [1.807, 2.05) is 24.3 Å². The molecule has 2 heterocycles. The normalized spacial score (nSPS) is 20.8. The molecule has 1 fully saturated rings. The van der Waals surface area contributed by atoms with Gasteiger partial charge in [-0.2, -0.15) is 0 Å². The van der Waals surface area contributed by atoms with Crippen molar-refractivity contribution in [2.45, 2.75) is 19.4 Å². The van der Waals surface area contributed by atoms with E-state index in [-0.39, 0.29) is 11.8 Å². The summed E-state index contributed by atoms with van der Waals surface area (Å²) in [5.74, 6) is 0.914. The maximum Gasteiger partial charge on any atom is 0.226 e. The van der Waals surface area contributed by atoms with Crippen LogP contribution in [-0.4, -0.2) is 56.2 Å². The Kier molecular flexibility index (Phi) is 5.81. The van der Waals surface area contributed by atoms with Gasteiger partial charge >= 0.3 is 0 Å². The van der Waals surface area contributed by atoms with E-state index in [4.69, 9.17) is 4.74 Å². The Morgan fingerprint density at radius 1 is 1.07 bits per heavy atom. The third-order valence-electron chi connectivity index (χ3n) is 5.88. The van der Waals surface area contributed by atoms with Crippen molar-refractivity contribution < 1.29 is 9.53 Å². The van der Waals surface area contributed by atoms with Crippen LogP contribution >= 0.6 is 0 Å². The highest BCUT2D eigenvalue weighted by molar-refractivity contribution is 5.79. The molecule has 0 unspecified atom stereocenters. The average molecular weight is 380 g/mol. The fourth-order valence-corrected chi connectivity index (χ4v) is 4.08. The Balaban J connectivity index is 1.23. The number of rotatable bonds is 5. The number of fused-ring (bicyclic) bond motifs is 1. The summed E-state index contributed by atoms with van der Waals surface area (Å²) >= 11 is 0. The standard InChI is InChI=1S/C23H29N3O2/c1-18(25-11-13-26(14-12-25)21-8-3-2-4-9-21)16-24-23(27)20-15-19-7-5-6-10-22(19)28-17-20/h2-10,18,20H,11-17H2,1H3,(H,24,27)/t18-,20-/m1/s1. The van der Waals surface area contributed by atoms with Crippen molar-refractivity contribution in [3.05, 3.63) is 60.2 Å². The molecule has 2 aliphatic rings. The Morgan fingerprint density at radius 3 is 2.57 bits per heavy atom. The van der Waals surface area contributed by atoms with Crippen LogP contribution in [0.2, 0.25) is 0 Å². The molecule has 1 amide bonds. The summed E-state index contributed by atoms with van der Waals surface area (Å²) in [5.41, 5.74) is 2.42. The number of nitrogens with one attached hydrogen (secondary N) is 1. The lowest BCUT2D eigenvalue weighted by atomic mass is 9.96. The molecule has 5 nitrogen and oxygen atoms in total. The first-order valence-corrected chi connectivity index (χ1v) is 10.2. The minimum Gasteiger partial charge on any atom is -0.492 e. The first-order valence-electron chi connectivity index (χ1n) is 10.2. The Bertz CT molecular complexity index is 787. The number of hydrogen-bond acceptors (Lipinski definition) is 4. The van der Waals surface area contributed by atoms with Crippen LogP contribution < -0.4 is 15.0 Å². The van der Waals surface area contributed by atoms with Crippen LogP contribution in [0.4, 0.5) is 5.69 Å². The molecule has 5 heteroatoms. The number of amides is 1. The molecule has 0 radical (unpaired) electrons. The molecule has 0 saturated carbocycles. The number of carbonyl (C=O) groups is 1. The lowest BCUT2D eigenvalue weighted by molar-refractivity contribution is -0.126. The lowest BCUT2D eigenvalue weighted by Gasteiger charge is -2.39. The zero-order valence-corrected chi connectivity index (χ0v) is 16.5. The second-order valence-corrected chi connectivity index (χ2v) is 7.77. The second kappa shape index (κ2) is 8.65. The van der Waals surface area contributed by atoms with Crippen molar-refractivity contribution in [3.63, 3.8) is 0 Å². The minimum absolute atomic E-state index is 0.1000. The van der Waals surface area contributed by atoms with Gasteiger partial charge in [0.1, 0.15) is 12.4 Å². The zero-order chi connectivity index (χ0) is 19.3. The molecule has 2 aromatic rings. The first kappa shape index (κ1) is 18.8. The molecule has 0 aromatic heterocycles. The van der Waals surface area contributed by atoms with E-state index in [1.165, 1.54) is 5.69 Å². The number of ether oxygens (including phenoxy) is 1. The molecule has 1 saturated heterocycles. The summed E-state index contributed by atoms with van der Waals surface area (Å²) in [6, 6.07) is 18.9. The van der Waals surface area contributed by atoms with Gasteiger partial charge < -0.3 is 15.0 Å². The van der Waals surface area contributed by atoms with Gasteiger partial charge in [0.05, 0.1) is 5.92 Å². The summed E-state index contributed by atoms with van der Waals surface area (Å²) in [5, 5.41) is 3.15. The van der Waals surface area contributed by atoms with Gasteiger partial charge in [-0.05, 0) is 37.1 Å². The van der Waals surface area contributed by atoms with Gasteiger partial charge in [0.15, 0.2) is 0 Å². The number of benzene rings is 2. The fourth-order valence-electron chi connectivity index (χ4n) is 4.08. The van der Waals surface area contributed by atoms with Crippen LogP contribution in [0.15, 0.2) is 54.6 Å². The number of anilines is 1. The Labute approximate surface area is 167 Å². The molecule has 1 N–H and O–H groups in total. The van der Waals surface area contributed by atoms with E-state index in [0.717, 1.165) is 43.9 Å². The van der Waals surface area contributed by atoms with Crippen molar-refractivity contribution >= 4 is 11.6 Å². The molecular formula is C23H29N3O2. The van der Waals surface area contributed by atoms with Gasteiger partial charge in [0.2, 0.25) is 5.91 Å². The molecule has 148 valence electrons. The monoisotopic (exact) mass is 379 g/mol. The summed E-state index contributed by atoms with van der Waals surface area (Å²) in [4.78, 5) is 17.5. The highest BCUT2D eigenvalue weighted by Crippen LogP contribution is 2.26. The van der Waals surface area contributed by atoms with Crippen molar-refractivity contribution in [2.75, 3.05) is 44.2 Å². The van der Waals surface area contributed by atoms with Gasteiger partial charge in [0, 0.05) is 44.5 Å². The maximum atomic E-state index is 12.6. The number of piperazine rings is 1. The molecule has 0 bridgehead atoms. The predicted molar refractivity (Wildman–Crippen MR) is 112 cm³/mol. The van der Waals surface area contributed by atoms with E-state index >= 15 is 0 Å². The minimum atomic E-state index is -0.1000. The van der Waals surface area contributed by atoms with Gasteiger partial charge in [-0.25, -0.2) is 0 Å². The smallest absolute Gasteiger partial charge is 0.226 e. The van der Waals surface area contributed by atoms with Gasteiger partial charge in [-0.3, -0.25) is 9.69 Å². The fraction of sp³-hybridized carbons (Fsp3) is 0.435. The van der Waals surface area contributed by atoms with Crippen molar-refractivity contribution in [1.29, 1.82) is 0 Å². The molecular weight excluding hydrogens is 350 g/mol. The van der Waals surface area contributed by atoms with Gasteiger partial charge in [0.25, 0.3) is 0 Å². The summed E-state index contributed by atoms with van der Waals surface area (Å²) in [7, 11) is 0. The van der Waals surface area contributed by atoms with E-state index in [2.05, 4.69) is 52.4 Å². The highest BCUT2D eigenvalue weighted by atomic mass is 16.5. The molecule has 2 atom stereocenters. The zero-order valence-electron chi connectivity index (χ0n) is 16.5. The van der Waals surface area contributed by atoms with Crippen molar-refractivity contribution in [2.24, 2.45) is 5.92 Å². The summed E-state index contributed by atoms with van der Waals surface area (Å²) in [6.45, 7) is 7.43. The van der Waals surface area contributed by atoms with Crippen LogP contribution in [0.1, 0.15) is 12.5 Å².